The van der Waals surface area contributed by atoms with Crippen LogP contribution in [-0.4, -0.2) is 21.7 Å². The van der Waals surface area contributed by atoms with Crippen molar-refractivity contribution in [3.63, 3.8) is 0 Å². The number of hydrogen-bond donors (Lipinski definition) is 1. The number of rotatable bonds is 5. The second-order valence-corrected chi connectivity index (χ2v) is 8.65. The highest BCUT2D eigenvalue weighted by Gasteiger charge is 2.24. The van der Waals surface area contributed by atoms with Crippen LogP contribution < -0.4 is 5.32 Å². The average Bonchev–Trinajstić information content (AvgIpc) is 3.44. The molecule has 2 atom stereocenters. The number of amides is 1. The second kappa shape index (κ2) is 9.10. The predicted octanol–water partition coefficient (Wildman–Crippen LogP) is 5.20. The average molecular weight is 417 g/mol. The van der Waals surface area contributed by atoms with Crippen molar-refractivity contribution in [3.05, 3.63) is 65.2 Å². The fraction of sp³-hybridized carbons (Fsp3) is 0.292. The first-order valence-electron chi connectivity index (χ1n) is 10.3. The van der Waals surface area contributed by atoms with E-state index in [1.807, 2.05) is 54.0 Å². The third kappa shape index (κ3) is 4.37. The number of thiophene rings is 1. The number of aromatic nitrogens is 2. The molecule has 1 amide bonds. The fourth-order valence-corrected chi connectivity index (χ4v) is 4.62. The number of carbonyl (C=O) groups excluding carboxylic acids is 1. The molecule has 0 aliphatic heterocycles. The number of para-hydroxylation sites is 1. The maximum absolute atomic E-state index is 12.8. The summed E-state index contributed by atoms with van der Waals surface area (Å²) in [6.45, 7) is 2.17. The van der Waals surface area contributed by atoms with E-state index in [-0.39, 0.29) is 17.5 Å². The molecular weight excluding hydrogens is 392 g/mol. The minimum absolute atomic E-state index is 0.109. The zero-order valence-electron chi connectivity index (χ0n) is 16.9. The molecule has 2 unspecified atom stereocenters. The fourth-order valence-electron chi connectivity index (χ4n) is 3.89. The number of nitrogens with zero attached hydrogens (tertiary/aromatic N) is 3. The Labute approximate surface area is 180 Å². The van der Waals surface area contributed by atoms with Gasteiger partial charge in [0.2, 0.25) is 0 Å². The first-order valence-corrected chi connectivity index (χ1v) is 11.2. The van der Waals surface area contributed by atoms with Gasteiger partial charge in [-0.1, -0.05) is 44.0 Å². The van der Waals surface area contributed by atoms with Crippen molar-refractivity contribution in [2.75, 3.05) is 0 Å². The molecule has 2 heterocycles. The zero-order chi connectivity index (χ0) is 20.9. The number of nitrogens with one attached hydrogen (secondary N) is 1. The highest BCUT2D eigenvalue weighted by atomic mass is 32.1. The predicted molar refractivity (Wildman–Crippen MR) is 120 cm³/mol. The molecule has 1 aromatic carbocycles. The van der Waals surface area contributed by atoms with Crippen molar-refractivity contribution in [1.82, 2.24) is 15.1 Å². The van der Waals surface area contributed by atoms with Gasteiger partial charge in [-0.3, -0.25) is 4.79 Å². The topological polar surface area (TPSA) is 70.7 Å². The van der Waals surface area contributed by atoms with Gasteiger partial charge >= 0.3 is 0 Å². The molecule has 5 nitrogen and oxygen atoms in total. The molecule has 0 spiro atoms. The lowest BCUT2D eigenvalue weighted by atomic mass is 9.86. The lowest BCUT2D eigenvalue weighted by molar-refractivity contribution is -0.118. The molecule has 2 aromatic heterocycles. The maximum Gasteiger partial charge on any atom is 0.262 e. The summed E-state index contributed by atoms with van der Waals surface area (Å²) < 4.78 is 1.79. The van der Waals surface area contributed by atoms with Gasteiger partial charge in [-0.05, 0) is 48.4 Å². The first kappa shape index (κ1) is 20.1. The summed E-state index contributed by atoms with van der Waals surface area (Å²) >= 11 is 1.58. The van der Waals surface area contributed by atoms with Crippen molar-refractivity contribution in [2.24, 2.45) is 5.92 Å². The molecule has 1 saturated carbocycles. The van der Waals surface area contributed by atoms with Gasteiger partial charge < -0.3 is 5.32 Å². The standard InChI is InChI=1S/C24H24N4OS/c1-17-8-5-6-11-21(17)26-24(29)18(15-25)14-19-16-28(20-9-3-2-4-10-20)27-23(19)22-12-7-13-30-22/h2-4,7,9-10,12-14,16-17,21H,5-6,8,11H2,1H3,(H,26,29)/b18-14+. The molecule has 1 aliphatic carbocycles. The van der Waals surface area contributed by atoms with Crippen molar-refractivity contribution < 1.29 is 4.79 Å². The Morgan fingerprint density at radius 2 is 2.03 bits per heavy atom. The summed E-state index contributed by atoms with van der Waals surface area (Å²) in [5.41, 5.74) is 2.55. The van der Waals surface area contributed by atoms with Crippen molar-refractivity contribution in [2.45, 2.75) is 38.6 Å². The minimum atomic E-state index is -0.305. The van der Waals surface area contributed by atoms with E-state index in [9.17, 15) is 10.1 Å². The van der Waals surface area contributed by atoms with E-state index in [0.29, 0.717) is 5.92 Å². The molecule has 3 aromatic rings. The number of benzene rings is 1. The van der Waals surface area contributed by atoms with E-state index in [4.69, 9.17) is 5.10 Å². The monoisotopic (exact) mass is 416 g/mol. The Morgan fingerprint density at radius 1 is 1.23 bits per heavy atom. The lowest BCUT2D eigenvalue weighted by Crippen LogP contribution is -2.41. The number of carbonyl (C=O) groups is 1. The molecule has 0 radical (unpaired) electrons. The Balaban J connectivity index is 1.67. The largest absolute Gasteiger partial charge is 0.348 e. The highest BCUT2D eigenvalue weighted by Crippen LogP contribution is 2.29. The Morgan fingerprint density at radius 3 is 2.73 bits per heavy atom. The van der Waals surface area contributed by atoms with Gasteiger partial charge in [-0.2, -0.15) is 10.4 Å². The molecule has 30 heavy (non-hydrogen) atoms. The van der Waals surface area contributed by atoms with E-state index in [1.54, 1.807) is 22.1 Å². The normalized spacial score (nSPS) is 19.3. The Kier molecular flexibility index (Phi) is 6.10. The van der Waals surface area contributed by atoms with E-state index in [1.165, 1.54) is 6.42 Å². The van der Waals surface area contributed by atoms with Crippen LogP contribution >= 0.6 is 11.3 Å². The smallest absolute Gasteiger partial charge is 0.262 e. The van der Waals surface area contributed by atoms with Gasteiger partial charge in [0.1, 0.15) is 17.3 Å². The Bertz CT molecular complexity index is 1080. The van der Waals surface area contributed by atoms with Gasteiger partial charge in [-0.25, -0.2) is 4.68 Å². The van der Waals surface area contributed by atoms with Gasteiger partial charge in [-0.15, -0.1) is 11.3 Å². The summed E-state index contributed by atoms with van der Waals surface area (Å²) in [7, 11) is 0. The van der Waals surface area contributed by atoms with Crippen LogP contribution in [-0.2, 0) is 4.79 Å². The zero-order valence-corrected chi connectivity index (χ0v) is 17.7. The van der Waals surface area contributed by atoms with Crippen LogP contribution in [0.15, 0.2) is 59.6 Å². The van der Waals surface area contributed by atoms with Crippen molar-refractivity contribution in [3.8, 4) is 22.3 Å². The van der Waals surface area contributed by atoms with Crippen molar-refractivity contribution >= 4 is 23.3 Å². The summed E-state index contributed by atoms with van der Waals surface area (Å²) in [5.74, 6) is 0.131. The third-order valence-corrected chi connectivity index (χ3v) is 6.49. The van der Waals surface area contributed by atoms with E-state index in [0.717, 1.165) is 41.1 Å². The third-order valence-electron chi connectivity index (χ3n) is 5.61. The molecule has 152 valence electrons. The first-order chi connectivity index (χ1) is 14.7. The van der Waals surface area contributed by atoms with Gasteiger partial charge in [0.05, 0.1) is 10.6 Å². The molecule has 4 rings (SSSR count). The van der Waals surface area contributed by atoms with E-state index >= 15 is 0 Å². The molecule has 1 fully saturated rings. The van der Waals surface area contributed by atoms with E-state index in [2.05, 4.69) is 18.3 Å². The summed E-state index contributed by atoms with van der Waals surface area (Å²) in [6, 6.07) is 16.0. The number of hydrogen-bond acceptors (Lipinski definition) is 4. The molecule has 0 bridgehead atoms. The van der Waals surface area contributed by atoms with Crippen LogP contribution in [0.4, 0.5) is 0 Å². The van der Waals surface area contributed by atoms with Gasteiger partial charge in [0.15, 0.2) is 0 Å². The van der Waals surface area contributed by atoms with E-state index < -0.39 is 0 Å². The molecule has 0 saturated heterocycles. The second-order valence-electron chi connectivity index (χ2n) is 7.70. The molecule has 6 heteroatoms. The van der Waals surface area contributed by atoms with Gasteiger partial charge in [0.25, 0.3) is 5.91 Å². The van der Waals surface area contributed by atoms with Crippen molar-refractivity contribution in [1.29, 1.82) is 5.26 Å². The summed E-state index contributed by atoms with van der Waals surface area (Å²) in [6.07, 6.45) is 7.94. The highest BCUT2D eigenvalue weighted by molar-refractivity contribution is 7.13. The quantitative estimate of drug-likeness (QED) is 0.459. The van der Waals surface area contributed by atoms with Gasteiger partial charge in [0, 0.05) is 17.8 Å². The van der Waals surface area contributed by atoms with Crippen LogP contribution in [0, 0.1) is 17.2 Å². The van der Waals surface area contributed by atoms with Crippen LogP contribution in [0.25, 0.3) is 22.3 Å². The number of nitriles is 1. The van der Waals surface area contributed by atoms with Crippen LogP contribution in [0.5, 0.6) is 0 Å². The molecular formula is C24H24N4OS. The Hall–Kier alpha value is -3.17. The summed E-state index contributed by atoms with van der Waals surface area (Å²) in [5, 5.41) is 19.5. The maximum atomic E-state index is 12.8. The van der Waals surface area contributed by atoms with Crippen LogP contribution in [0.2, 0.25) is 0 Å². The molecule has 1 N–H and O–H groups in total. The van der Waals surface area contributed by atoms with Crippen LogP contribution in [0.3, 0.4) is 0 Å². The minimum Gasteiger partial charge on any atom is -0.348 e. The summed E-state index contributed by atoms with van der Waals surface area (Å²) in [4.78, 5) is 13.8. The van der Waals surface area contributed by atoms with Crippen LogP contribution in [0.1, 0.15) is 38.2 Å². The SMILES string of the molecule is CC1CCCCC1NC(=O)/C(C#N)=C/c1cn(-c2ccccc2)nc1-c1cccs1. The lowest BCUT2D eigenvalue weighted by Gasteiger charge is -2.29. The molecule has 1 aliphatic rings.